The first-order chi connectivity index (χ1) is 15.6. The van der Waals surface area contributed by atoms with E-state index in [1.807, 2.05) is 18.2 Å². The van der Waals surface area contributed by atoms with Crippen molar-refractivity contribution in [2.75, 3.05) is 43.4 Å². The molecule has 0 radical (unpaired) electrons. The van der Waals surface area contributed by atoms with Crippen LogP contribution in [0.5, 0.6) is 11.8 Å². The van der Waals surface area contributed by atoms with Crippen molar-refractivity contribution in [2.24, 2.45) is 0 Å². The van der Waals surface area contributed by atoms with E-state index in [0.29, 0.717) is 38.5 Å². The van der Waals surface area contributed by atoms with E-state index in [1.54, 1.807) is 12.1 Å². The van der Waals surface area contributed by atoms with Crippen LogP contribution in [-0.4, -0.2) is 58.9 Å². The average Bonchev–Trinajstić information content (AvgIpc) is 2.78. The van der Waals surface area contributed by atoms with Crippen molar-refractivity contribution in [1.82, 2.24) is 14.9 Å². The molecule has 5 rings (SSSR count). The Morgan fingerprint density at radius 1 is 1.19 bits per heavy atom. The lowest BCUT2D eigenvalue weighted by Gasteiger charge is -2.31. The molecule has 8 heteroatoms. The molecule has 1 atom stereocenters. The molecule has 0 unspecified atom stereocenters. The number of phenols is 1. The quantitative estimate of drug-likeness (QED) is 0.633. The van der Waals surface area contributed by atoms with Gasteiger partial charge >= 0.3 is 6.01 Å². The molecule has 1 fully saturated rings. The summed E-state index contributed by atoms with van der Waals surface area (Å²) in [4.78, 5) is 13.3. The maximum absolute atomic E-state index is 13.6. The zero-order chi connectivity index (χ0) is 22.1. The minimum absolute atomic E-state index is 0.240. The standard InChI is InChI=1S/C24H28FN5O2/c25-17-5-3-8-29(14-17)10-11-32-24-27-21-15-30(9-7-20(21)23(26)28-24)22-13-18(31)12-16-4-1-2-6-19(16)22/h1-2,4,6,12-13,17,31H,3,5,7-11,14-15H2,(H2,26,27,28)/t17-/m0/s1. The Morgan fingerprint density at radius 2 is 2.06 bits per heavy atom. The van der Waals surface area contributed by atoms with Crippen LogP contribution in [0.4, 0.5) is 15.9 Å². The van der Waals surface area contributed by atoms with E-state index in [0.717, 1.165) is 53.6 Å². The van der Waals surface area contributed by atoms with E-state index in [4.69, 9.17) is 10.5 Å². The maximum Gasteiger partial charge on any atom is 0.318 e. The monoisotopic (exact) mass is 437 g/mol. The summed E-state index contributed by atoms with van der Waals surface area (Å²) in [6.07, 6.45) is 1.49. The average molecular weight is 438 g/mol. The SMILES string of the molecule is Nc1nc(OCCN2CCC[C@H](F)C2)nc2c1CCN(c1cc(O)cc3ccccc13)C2. The molecular weight excluding hydrogens is 409 g/mol. The lowest BCUT2D eigenvalue weighted by Crippen LogP contribution is -2.38. The smallest absolute Gasteiger partial charge is 0.318 e. The second-order valence-corrected chi connectivity index (χ2v) is 8.56. The predicted octanol–water partition coefficient (Wildman–Crippen LogP) is 3.29. The van der Waals surface area contributed by atoms with E-state index in [2.05, 4.69) is 25.8 Å². The van der Waals surface area contributed by atoms with E-state index in [9.17, 15) is 9.50 Å². The van der Waals surface area contributed by atoms with Crippen LogP contribution in [-0.2, 0) is 13.0 Å². The summed E-state index contributed by atoms with van der Waals surface area (Å²) in [5.41, 5.74) is 8.99. The molecule has 3 aromatic rings. The molecule has 1 aromatic heterocycles. The lowest BCUT2D eigenvalue weighted by atomic mass is 10.0. The minimum atomic E-state index is -0.751. The molecule has 2 aliphatic rings. The van der Waals surface area contributed by atoms with Gasteiger partial charge in [0.1, 0.15) is 24.3 Å². The number of alkyl halides is 1. The van der Waals surface area contributed by atoms with Crippen LogP contribution in [0.25, 0.3) is 10.8 Å². The van der Waals surface area contributed by atoms with Gasteiger partial charge in [-0.3, -0.25) is 4.90 Å². The molecule has 0 aliphatic carbocycles. The molecule has 168 valence electrons. The normalized spacial score (nSPS) is 19.2. The zero-order valence-electron chi connectivity index (χ0n) is 18.0. The molecular formula is C24H28FN5O2. The van der Waals surface area contributed by atoms with Crippen LogP contribution in [0.15, 0.2) is 36.4 Å². The van der Waals surface area contributed by atoms with Gasteiger partial charge in [0.25, 0.3) is 0 Å². The summed E-state index contributed by atoms with van der Waals surface area (Å²) in [5.74, 6) is 0.691. The topological polar surface area (TPSA) is 87.7 Å². The number of anilines is 2. The Morgan fingerprint density at radius 3 is 2.94 bits per heavy atom. The predicted molar refractivity (Wildman–Crippen MR) is 123 cm³/mol. The molecule has 3 heterocycles. The molecule has 0 amide bonds. The second-order valence-electron chi connectivity index (χ2n) is 8.56. The van der Waals surface area contributed by atoms with Gasteiger partial charge in [0, 0.05) is 42.3 Å². The molecule has 2 aliphatic heterocycles. The number of hydrogen-bond acceptors (Lipinski definition) is 7. The Labute approximate surface area is 186 Å². The fraction of sp³-hybridized carbons (Fsp3) is 0.417. The number of nitrogens with two attached hydrogens (primary N) is 1. The fourth-order valence-electron chi connectivity index (χ4n) is 4.71. The highest BCUT2D eigenvalue weighted by Gasteiger charge is 2.24. The summed E-state index contributed by atoms with van der Waals surface area (Å²) in [6, 6.07) is 11.9. The van der Waals surface area contributed by atoms with Crippen LogP contribution in [0.3, 0.4) is 0 Å². The van der Waals surface area contributed by atoms with Crippen LogP contribution >= 0.6 is 0 Å². The van der Waals surface area contributed by atoms with Gasteiger partial charge in [-0.1, -0.05) is 24.3 Å². The van der Waals surface area contributed by atoms with Gasteiger partial charge in [-0.2, -0.15) is 9.97 Å². The van der Waals surface area contributed by atoms with E-state index in [-0.39, 0.29) is 11.8 Å². The first kappa shape index (κ1) is 20.8. The number of aromatic hydroxyl groups is 1. The number of piperidine rings is 1. The number of fused-ring (bicyclic) bond motifs is 2. The highest BCUT2D eigenvalue weighted by molar-refractivity contribution is 5.95. The molecule has 3 N–H and O–H groups in total. The highest BCUT2D eigenvalue weighted by atomic mass is 19.1. The van der Waals surface area contributed by atoms with Gasteiger partial charge in [-0.05, 0) is 37.3 Å². The van der Waals surface area contributed by atoms with Crippen molar-refractivity contribution in [3.05, 3.63) is 47.7 Å². The molecule has 1 saturated heterocycles. The zero-order valence-corrected chi connectivity index (χ0v) is 18.0. The number of ether oxygens (including phenoxy) is 1. The van der Waals surface area contributed by atoms with Gasteiger partial charge in [0.15, 0.2) is 0 Å². The van der Waals surface area contributed by atoms with Crippen molar-refractivity contribution in [3.8, 4) is 11.8 Å². The van der Waals surface area contributed by atoms with Crippen molar-refractivity contribution in [3.63, 3.8) is 0 Å². The second kappa shape index (κ2) is 8.78. The van der Waals surface area contributed by atoms with Gasteiger partial charge in [0.2, 0.25) is 0 Å². The summed E-state index contributed by atoms with van der Waals surface area (Å²) in [7, 11) is 0. The Bertz CT molecular complexity index is 1120. The number of rotatable bonds is 5. The van der Waals surface area contributed by atoms with Crippen LogP contribution in [0.2, 0.25) is 0 Å². The first-order valence-electron chi connectivity index (χ1n) is 11.2. The Balaban J connectivity index is 1.32. The van der Waals surface area contributed by atoms with Gasteiger partial charge in [-0.25, -0.2) is 4.39 Å². The van der Waals surface area contributed by atoms with Gasteiger partial charge < -0.3 is 20.5 Å². The summed E-state index contributed by atoms with van der Waals surface area (Å²) >= 11 is 0. The van der Waals surface area contributed by atoms with E-state index in [1.165, 1.54) is 0 Å². The Hall–Kier alpha value is -3.13. The van der Waals surface area contributed by atoms with Crippen LogP contribution in [0.1, 0.15) is 24.1 Å². The molecule has 32 heavy (non-hydrogen) atoms. The van der Waals surface area contributed by atoms with Crippen molar-refractivity contribution < 1.29 is 14.2 Å². The highest BCUT2D eigenvalue weighted by Crippen LogP contribution is 2.35. The number of nitrogens with zero attached hydrogens (tertiary/aromatic N) is 4. The largest absolute Gasteiger partial charge is 0.508 e. The third-order valence-electron chi connectivity index (χ3n) is 6.33. The number of hydrogen-bond donors (Lipinski definition) is 2. The van der Waals surface area contributed by atoms with E-state index < -0.39 is 6.17 Å². The molecule has 0 bridgehead atoms. The molecule has 0 saturated carbocycles. The summed E-state index contributed by atoms with van der Waals surface area (Å²) in [6.45, 7) is 3.70. The van der Waals surface area contributed by atoms with Crippen LogP contribution < -0.4 is 15.4 Å². The fourth-order valence-corrected chi connectivity index (χ4v) is 4.71. The Kier molecular flexibility index (Phi) is 5.70. The number of phenolic OH excluding ortho intramolecular Hbond substituents is 1. The molecule has 7 nitrogen and oxygen atoms in total. The number of benzene rings is 2. The number of halogens is 1. The maximum atomic E-state index is 13.6. The molecule has 0 spiro atoms. The number of likely N-dealkylation sites (tertiary alicyclic amines) is 1. The van der Waals surface area contributed by atoms with Gasteiger partial charge in [0.05, 0.1) is 12.2 Å². The number of aromatic nitrogens is 2. The lowest BCUT2D eigenvalue weighted by molar-refractivity contribution is 0.119. The van der Waals surface area contributed by atoms with Crippen molar-refractivity contribution in [1.29, 1.82) is 0 Å². The van der Waals surface area contributed by atoms with Crippen molar-refractivity contribution >= 4 is 22.3 Å². The van der Waals surface area contributed by atoms with Crippen molar-refractivity contribution in [2.45, 2.75) is 32.0 Å². The van der Waals surface area contributed by atoms with E-state index >= 15 is 0 Å². The number of nitrogen functional groups attached to an aromatic ring is 1. The summed E-state index contributed by atoms with van der Waals surface area (Å²) in [5, 5.41) is 12.3. The molecule has 2 aromatic carbocycles. The minimum Gasteiger partial charge on any atom is -0.508 e. The van der Waals surface area contributed by atoms with Crippen LogP contribution in [0, 0.1) is 0 Å². The van der Waals surface area contributed by atoms with Gasteiger partial charge in [-0.15, -0.1) is 0 Å². The first-order valence-corrected chi connectivity index (χ1v) is 11.2. The third kappa shape index (κ3) is 4.27. The third-order valence-corrected chi connectivity index (χ3v) is 6.33. The summed E-state index contributed by atoms with van der Waals surface area (Å²) < 4.78 is 19.4.